The molecule has 3 heteroatoms. The Morgan fingerprint density at radius 3 is 2.40 bits per heavy atom. The van der Waals surface area contributed by atoms with Crippen LogP contribution in [0.3, 0.4) is 0 Å². The maximum absolute atomic E-state index is 11.5. The number of aryl methyl sites for hydroxylation is 1. The van der Waals surface area contributed by atoms with Gasteiger partial charge in [0.05, 0.1) is 17.2 Å². The average molecular weight is 332 g/mol. The number of fused-ring (bicyclic) bond motifs is 2. The van der Waals surface area contributed by atoms with Crippen LogP contribution in [0, 0.1) is 18.3 Å². The normalized spacial score (nSPS) is 28.7. The maximum atomic E-state index is 11.5. The molecular weight excluding hydrogens is 308 g/mol. The highest BCUT2D eigenvalue weighted by molar-refractivity contribution is 5.46. The lowest BCUT2D eigenvalue weighted by molar-refractivity contribution is -0.0600. The largest absolute Gasteiger partial charge is 0.385 e. The molecule has 2 unspecified atom stereocenters. The Kier molecular flexibility index (Phi) is 4.11. The molecule has 0 aromatic heterocycles. The van der Waals surface area contributed by atoms with Crippen LogP contribution in [0.5, 0.6) is 0 Å². The summed E-state index contributed by atoms with van der Waals surface area (Å²) in [5, 5.41) is 21.0. The molecule has 4 rings (SSSR count). The lowest BCUT2D eigenvalue weighted by atomic mass is 9.77. The number of hydrogen-bond acceptors (Lipinski definition) is 3. The zero-order valence-corrected chi connectivity index (χ0v) is 14.7. The van der Waals surface area contributed by atoms with Crippen molar-refractivity contribution in [3.8, 4) is 6.07 Å². The molecule has 0 radical (unpaired) electrons. The topological polar surface area (TPSA) is 47.3 Å². The Morgan fingerprint density at radius 1 is 1.08 bits per heavy atom. The van der Waals surface area contributed by atoms with Crippen LogP contribution in [0.15, 0.2) is 48.5 Å². The predicted molar refractivity (Wildman–Crippen MR) is 97.8 cm³/mol. The lowest BCUT2D eigenvalue weighted by Crippen LogP contribution is -2.49. The molecule has 2 saturated heterocycles. The summed E-state index contributed by atoms with van der Waals surface area (Å²) in [5.41, 5.74) is 2.96. The summed E-state index contributed by atoms with van der Waals surface area (Å²) >= 11 is 0. The van der Waals surface area contributed by atoms with Crippen LogP contribution in [0.4, 0.5) is 0 Å². The Hall–Kier alpha value is -2.15. The third-order valence-corrected chi connectivity index (χ3v) is 5.98. The van der Waals surface area contributed by atoms with Crippen LogP contribution in [0.2, 0.25) is 0 Å². The number of piperidine rings is 1. The smallest absolute Gasteiger partial charge is 0.0995 e. The molecule has 2 bridgehead atoms. The highest BCUT2D eigenvalue weighted by atomic mass is 16.3. The van der Waals surface area contributed by atoms with Gasteiger partial charge in [-0.25, -0.2) is 0 Å². The molecule has 0 aliphatic carbocycles. The van der Waals surface area contributed by atoms with Crippen molar-refractivity contribution in [3.05, 3.63) is 70.8 Å². The number of benzene rings is 2. The van der Waals surface area contributed by atoms with E-state index in [1.807, 2.05) is 25.1 Å². The van der Waals surface area contributed by atoms with Gasteiger partial charge in [0, 0.05) is 24.2 Å². The van der Waals surface area contributed by atoms with Gasteiger partial charge in [0.2, 0.25) is 0 Å². The third kappa shape index (κ3) is 2.86. The van der Waals surface area contributed by atoms with Gasteiger partial charge in [-0.05, 0) is 49.8 Å². The minimum absolute atomic E-state index is 0.384. The molecule has 128 valence electrons. The van der Waals surface area contributed by atoms with Gasteiger partial charge in [-0.15, -0.1) is 0 Å². The molecule has 2 atom stereocenters. The second-order valence-electron chi connectivity index (χ2n) is 7.59. The zero-order valence-electron chi connectivity index (χ0n) is 14.7. The molecule has 3 nitrogen and oxygen atoms in total. The van der Waals surface area contributed by atoms with Gasteiger partial charge < -0.3 is 5.11 Å². The Labute approximate surface area is 149 Å². The predicted octanol–water partition coefficient (Wildman–Crippen LogP) is 3.88. The average Bonchev–Trinajstić information content (AvgIpc) is 2.86. The SMILES string of the molecule is Cc1cccc(C#N)c1C1(O)CC2CCC(C1)N2Cc1ccccc1. The van der Waals surface area contributed by atoms with Crippen molar-refractivity contribution in [2.45, 2.75) is 56.8 Å². The molecule has 0 amide bonds. The first-order valence-electron chi connectivity index (χ1n) is 9.13. The van der Waals surface area contributed by atoms with Crippen molar-refractivity contribution in [3.63, 3.8) is 0 Å². The second-order valence-corrected chi connectivity index (χ2v) is 7.59. The Balaban J connectivity index is 1.62. The van der Waals surface area contributed by atoms with Crippen LogP contribution >= 0.6 is 0 Å². The van der Waals surface area contributed by atoms with E-state index in [9.17, 15) is 10.4 Å². The minimum atomic E-state index is -0.880. The molecule has 2 aromatic carbocycles. The number of aliphatic hydroxyl groups is 1. The molecule has 2 aliphatic heterocycles. The maximum Gasteiger partial charge on any atom is 0.0995 e. The van der Waals surface area contributed by atoms with Gasteiger partial charge >= 0.3 is 0 Å². The Bertz CT molecular complexity index is 795. The standard InChI is InChI=1S/C22H24N2O/c1-16-6-5-9-18(14-23)21(16)22(25)12-19-10-11-20(13-22)24(19)15-17-7-3-2-4-8-17/h2-9,19-20,25H,10-13,15H2,1H3. The van der Waals surface area contributed by atoms with Crippen LogP contribution in [-0.4, -0.2) is 22.1 Å². The molecule has 2 heterocycles. The van der Waals surface area contributed by atoms with Crippen LogP contribution < -0.4 is 0 Å². The summed E-state index contributed by atoms with van der Waals surface area (Å²) in [6.07, 6.45) is 3.70. The van der Waals surface area contributed by atoms with Gasteiger partial charge in [-0.1, -0.05) is 42.5 Å². The van der Waals surface area contributed by atoms with E-state index in [1.54, 1.807) is 0 Å². The number of rotatable bonds is 3. The lowest BCUT2D eigenvalue weighted by Gasteiger charge is -2.45. The fourth-order valence-electron chi connectivity index (χ4n) is 4.95. The summed E-state index contributed by atoms with van der Waals surface area (Å²) in [5.74, 6) is 0. The molecular formula is C22H24N2O. The van der Waals surface area contributed by atoms with Crippen LogP contribution in [0.1, 0.15) is 47.9 Å². The number of hydrogen-bond donors (Lipinski definition) is 1. The van der Waals surface area contributed by atoms with E-state index in [1.165, 1.54) is 5.56 Å². The molecule has 1 N–H and O–H groups in total. The van der Waals surface area contributed by atoms with E-state index in [4.69, 9.17) is 0 Å². The third-order valence-electron chi connectivity index (χ3n) is 5.98. The zero-order chi connectivity index (χ0) is 17.4. The molecule has 25 heavy (non-hydrogen) atoms. The monoisotopic (exact) mass is 332 g/mol. The van der Waals surface area contributed by atoms with Crippen LogP contribution in [0.25, 0.3) is 0 Å². The molecule has 2 fully saturated rings. The van der Waals surface area contributed by atoms with Gasteiger partial charge in [-0.2, -0.15) is 5.26 Å². The fourth-order valence-corrected chi connectivity index (χ4v) is 4.95. The summed E-state index contributed by atoms with van der Waals surface area (Å²) in [4.78, 5) is 2.56. The van der Waals surface area contributed by atoms with Crippen molar-refractivity contribution in [1.82, 2.24) is 4.90 Å². The van der Waals surface area contributed by atoms with Crippen molar-refractivity contribution < 1.29 is 5.11 Å². The highest BCUT2D eigenvalue weighted by Crippen LogP contribution is 2.47. The first-order chi connectivity index (χ1) is 12.1. The van der Waals surface area contributed by atoms with Gasteiger partial charge in [0.25, 0.3) is 0 Å². The van der Waals surface area contributed by atoms with Gasteiger partial charge in [0.15, 0.2) is 0 Å². The van der Waals surface area contributed by atoms with E-state index in [0.29, 0.717) is 17.6 Å². The summed E-state index contributed by atoms with van der Waals surface area (Å²) in [6, 6.07) is 19.4. The summed E-state index contributed by atoms with van der Waals surface area (Å²) in [7, 11) is 0. The first-order valence-corrected chi connectivity index (χ1v) is 9.13. The Morgan fingerprint density at radius 2 is 1.76 bits per heavy atom. The van der Waals surface area contributed by atoms with E-state index in [0.717, 1.165) is 43.4 Å². The molecule has 2 aliphatic rings. The highest BCUT2D eigenvalue weighted by Gasteiger charge is 2.49. The van der Waals surface area contributed by atoms with Crippen molar-refractivity contribution in [2.75, 3.05) is 0 Å². The van der Waals surface area contributed by atoms with Crippen molar-refractivity contribution in [2.24, 2.45) is 0 Å². The molecule has 2 aromatic rings. The van der Waals surface area contributed by atoms with E-state index >= 15 is 0 Å². The van der Waals surface area contributed by atoms with E-state index in [2.05, 4.69) is 41.3 Å². The fraction of sp³-hybridized carbons (Fsp3) is 0.409. The van der Waals surface area contributed by atoms with E-state index < -0.39 is 5.60 Å². The first kappa shape index (κ1) is 16.3. The summed E-state index contributed by atoms with van der Waals surface area (Å²) in [6.45, 7) is 2.96. The number of nitriles is 1. The van der Waals surface area contributed by atoms with E-state index in [-0.39, 0.29) is 0 Å². The molecule has 0 saturated carbocycles. The number of nitrogens with zero attached hydrogens (tertiary/aromatic N) is 2. The second kappa shape index (κ2) is 6.29. The van der Waals surface area contributed by atoms with Gasteiger partial charge in [-0.3, -0.25) is 4.90 Å². The van der Waals surface area contributed by atoms with Gasteiger partial charge in [0.1, 0.15) is 0 Å². The van der Waals surface area contributed by atoms with Crippen molar-refractivity contribution in [1.29, 1.82) is 5.26 Å². The van der Waals surface area contributed by atoms with Crippen LogP contribution in [-0.2, 0) is 12.1 Å². The molecule has 0 spiro atoms. The summed E-state index contributed by atoms with van der Waals surface area (Å²) < 4.78 is 0. The quantitative estimate of drug-likeness (QED) is 0.928. The minimum Gasteiger partial charge on any atom is -0.385 e. The van der Waals surface area contributed by atoms with Crippen molar-refractivity contribution >= 4 is 0 Å².